The number of nitrogens with one attached hydrogen (secondary N) is 1. The van der Waals surface area contributed by atoms with Crippen LogP contribution in [-0.2, 0) is 0 Å². The second kappa shape index (κ2) is 5.38. The lowest BCUT2D eigenvalue weighted by Crippen LogP contribution is -2.15. The first-order valence-electron chi connectivity index (χ1n) is 5.33. The van der Waals surface area contributed by atoms with Gasteiger partial charge in [0.1, 0.15) is 6.07 Å². The van der Waals surface area contributed by atoms with Crippen molar-refractivity contribution in [1.82, 2.24) is 4.98 Å². The van der Waals surface area contributed by atoms with Crippen molar-refractivity contribution < 1.29 is 4.79 Å². The second-order valence-electron chi connectivity index (χ2n) is 3.70. The van der Waals surface area contributed by atoms with Crippen LogP contribution in [0.4, 0.5) is 11.4 Å². The number of nitrogen functional groups attached to an aromatic ring is 1. The van der Waals surface area contributed by atoms with E-state index in [9.17, 15) is 4.79 Å². The minimum absolute atomic E-state index is 0.142. The maximum atomic E-state index is 11.9. The molecule has 6 heteroatoms. The van der Waals surface area contributed by atoms with Gasteiger partial charge in [0.05, 0.1) is 16.3 Å². The van der Waals surface area contributed by atoms with Gasteiger partial charge in [0.2, 0.25) is 0 Å². The molecule has 2 aromatic rings. The van der Waals surface area contributed by atoms with Crippen molar-refractivity contribution in [1.29, 1.82) is 5.26 Å². The molecular formula is C13H9ClN4O. The number of carbonyl (C=O) groups is 1. The molecule has 0 saturated carbocycles. The zero-order chi connectivity index (χ0) is 13.8. The molecule has 0 atom stereocenters. The zero-order valence-corrected chi connectivity index (χ0v) is 10.5. The standard InChI is InChI=1S/C13H9ClN4O/c14-10-6-9(4-3-8(10)7-15)18-13(19)12-11(16)2-1-5-17-12/h1-6H,16H2,(H,18,19). The summed E-state index contributed by atoms with van der Waals surface area (Å²) in [5, 5.41) is 11.6. The lowest BCUT2D eigenvalue weighted by molar-refractivity contribution is 0.102. The van der Waals surface area contributed by atoms with Crippen LogP contribution in [0.25, 0.3) is 0 Å². The summed E-state index contributed by atoms with van der Waals surface area (Å²) >= 11 is 5.88. The predicted molar refractivity (Wildman–Crippen MR) is 72.8 cm³/mol. The highest BCUT2D eigenvalue weighted by atomic mass is 35.5. The molecule has 2 rings (SSSR count). The lowest BCUT2D eigenvalue weighted by Gasteiger charge is -2.07. The molecule has 1 amide bonds. The molecule has 3 N–H and O–H groups in total. The Kier molecular flexibility index (Phi) is 3.64. The van der Waals surface area contributed by atoms with Gasteiger partial charge >= 0.3 is 0 Å². The number of benzene rings is 1. The number of halogens is 1. The van der Waals surface area contributed by atoms with Crippen LogP contribution in [0.3, 0.4) is 0 Å². The number of rotatable bonds is 2. The van der Waals surface area contributed by atoms with Crippen molar-refractivity contribution in [2.75, 3.05) is 11.1 Å². The van der Waals surface area contributed by atoms with Crippen molar-refractivity contribution in [3.63, 3.8) is 0 Å². The third-order valence-electron chi connectivity index (χ3n) is 2.40. The normalized spacial score (nSPS) is 9.68. The van der Waals surface area contributed by atoms with Crippen LogP contribution in [-0.4, -0.2) is 10.9 Å². The SMILES string of the molecule is N#Cc1ccc(NC(=O)c2ncccc2N)cc1Cl. The fraction of sp³-hybridized carbons (Fsp3) is 0. The van der Waals surface area contributed by atoms with E-state index in [1.54, 1.807) is 18.2 Å². The number of amides is 1. The first-order chi connectivity index (χ1) is 9.11. The molecule has 1 aromatic heterocycles. The van der Waals surface area contributed by atoms with Gasteiger partial charge in [-0.1, -0.05) is 11.6 Å². The first kappa shape index (κ1) is 12.9. The average molecular weight is 273 g/mol. The average Bonchev–Trinajstić information content (AvgIpc) is 2.39. The first-order valence-corrected chi connectivity index (χ1v) is 5.71. The van der Waals surface area contributed by atoms with Gasteiger partial charge in [-0.05, 0) is 30.3 Å². The van der Waals surface area contributed by atoms with Gasteiger partial charge in [-0.3, -0.25) is 4.79 Å². The summed E-state index contributed by atoms with van der Waals surface area (Å²) in [7, 11) is 0. The third kappa shape index (κ3) is 2.81. The lowest BCUT2D eigenvalue weighted by atomic mass is 10.2. The van der Waals surface area contributed by atoms with Crippen LogP contribution in [0.1, 0.15) is 16.1 Å². The monoisotopic (exact) mass is 272 g/mol. The summed E-state index contributed by atoms with van der Waals surface area (Å²) in [4.78, 5) is 15.8. The van der Waals surface area contributed by atoms with E-state index in [-0.39, 0.29) is 10.7 Å². The highest BCUT2D eigenvalue weighted by Crippen LogP contribution is 2.21. The minimum atomic E-state index is -0.432. The van der Waals surface area contributed by atoms with Crippen molar-refractivity contribution in [3.05, 3.63) is 52.8 Å². The van der Waals surface area contributed by atoms with Crippen LogP contribution in [0, 0.1) is 11.3 Å². The predicted octanol–water partition coefficient (Wildman–Crippen LogP) is 2.44. The van der Waals surface area contributed by atoms with E-state index in [0.717, 1.165) is 0 Å². The topological polar surface area (TPSA) is 91.8 Å². The minimum Gasteiger partial charge on any atom is -0.397 e. The molecule has 5 nitrogen and oxygen atoms in total. The number of hydrogen-bond donors (Lipinski definition) is 2. The van der Waals surface area contributed by atoms with Gasteiger partial charge in [-0.25, -0.2) is 4.98 Å². The number of nitrogens with two attached hydrogens (primary N) is 1. The maximum absolute atomic E-state index is 11.9. The molecule has 0 fully saturated rings. The highest BCUT2D eigenvalue weighted by Gasteiger charge is 2.11. The summed E-state index contributed by atoms with van der Waals surface area (Å²) in [5.41, 5.74) is 6.91. The summed E-state index contributed by atoms with van der Waals surface area (Å²) in [6.07, 6.45) is 1.48. The van der Waals surface area contributed by atoms with Crippen LogP contribution >= 0.6 is 11.6 Å². The van der Waals surface area contributed by atoms with Crippen molar-refractivity contribution in [3.8, 4) is 6.07 Å². The summed E-state index contributed by atoms with van der Waals surface area (Å²) in [6, 6.07) is 9.78. The van der Waals surface area contributed by atoms with E-state index in [4.69, 9.17) is 22.6 Å². The quantitative estimate of drug-likeness (QED) is 0.878. The molecule has 1 heterocycles. The largest absolute Gasteiger partial charge is 0.397 e. The number of nitrogens with zero attached hydrogens (tertiary/aromatic N) is 2. The Labute approximate surface area is 114 Å². The van der Waals surface area contributed by atoms with Gasteiger partial charge in [0, 0.05) is 11.9 Å². The van der Waals surface area contributed by atoms with Crippen molar-refractivity contribution in [2.24, 2.45) is 0 Å². The van der Waals surface area contributed by atoms with Gasteiger partial charge < -0.3 is 11.1 Å². The van der Waals surface area contributed by atoms with Crippen molar-refractivity contribution >= 4 is 28.9 Å². The molecular weight excluding hydrogens is 264 g/mol. The molecule has 0 bridgehead atoms. The smallest absolute Gasteiger partial charge is 0.276 e. The Morgan fingerprint density at radius 1 is 1.42 bits per heavy atom. The molecule has 0 spiro atoms. The fourth-order valence-electron chi connectivity index (χ4n) is 1.48. The summed E-state index contributed by atoms with van der Waals surface area (Å²) < 4.78 is 0. The number of hydrogen-bond acceptors (Lipinski definition) is 4. The summed E-state index contributed by atoms with van der Waals surface area (Å²) in [5.74, 6) is -0.432. The molecule has 19 heavy (non-hydrogen) atoms. The van der Waals surface area contributed by atoms with Crippen LogP contribution in [0.5, 0.6) is 0 Å². The van der Waals surface area contributed by atoms with E-state index < -0.39 is 5.91 Å². The zero-order valence-electron chi connectivity index (χ0n) is 9.72. The van der Waals surface area contributed by atoms with Crippen LogP contribution in [0.2, 0.25) is 5.02 Å². The number of aromatic nitrogens is 1. The fourth-order valence-corrected chi connectivity index (χ4v) is 1.70. The van der Waals surface area contributed by atoms with E-state index in [2.05, 4.69) is 10.3 Å². The Bertz CT molecular complexity index is 679. The summed E-state index contributed by atoms with van der Waals surface area (Å²) in [6.45, 7) is 0. The number of carbonyl (C=O) groups excluding carboxylic acids is 1. The van der Waals surface area contributed by atoms with E-state index in [1.807, 2.05) is 6.07 Å². The van der Waals surface area contributed by atoms with Gasteiger partial charge in [0.15, 0.2) is 5.69 Å². The molecule has 0 aliphatic heterocycles. The van der Waals surface area contributed by atoms with Crippen molar-refractivity contribution in [2.45, 2.75) is 0 Å². The van der Waals surface area contributed by atoms with Crippen LogP contribution in [0.15, 0.2) is 36.5 Å². The van der Waals surface area contributed by atoms with E-state index in [1.165, 1.54) is 18.3 Å². The molecule has 0 saturated heterocycles. The molecule has 1 aromatic carbocycles. The van der Waals surface area contributed by atoms with Gasteiger partial charge in [-0.15, -0.1) is 0 Å². The Morgan fingerprint density at radius 3 is 2.84 bits per heavy atom. The molecule has 0 aliphatic rings. The molecule has 0 aliphatic carbocycles. The van der Waals surface area contributed by atoms with Gasteiger partial charge in [-0.2, -0.15) is 5.26 Å². The highest BCUT2D eigenvalue weighted by molar-refractivity contribution is 6.32. The number of pyridine rings is 1. The number of anilines is 2. The maximum Gasteiger partial charge on any atom is 0.276 e. The molecule has 0 unspecified atom stereocenters. The van der Waals surface area contributed by atoms with E-state index >= 15 is 0 Å². The Balaban J connectivity index is 2.23. The number of nitriles is 1. The van der Waals surface area contributed by atoms with Crippen LogP contribution < -0.4 is 11.1 Å². The second-order valence-corrected chi connectivity index (χ2v) is 4.11. The third-order valence-corrected chi connectivity index (χ3v) is 2.71. The van der Waals surface area contributed by atoms with E-state index in [0.29, 0.717) is 16.9 Å². The van der Waals surface area contributed by atoms with Gasteiger partial charge in [0.25, 0.3) is 5.91 Å². The molecule has 0 radical (unpaired) electrons. The Morgan fingerprint density at radius 2 is 2.21 bits per heavy atom. The Hall–Kier alpha value is -2.58. The molecule has 94 valence electrons.